The smallest absolute Gasteiger partial charge is 0.319 e. The van der Waals surface area contributed by atoms with E-state index >= 15 is 0 Å². The fraction of sp³-hybridized carbons (Fsp3) is 0.500. The van der Waals surface area contributed by atoms with E-state index in [2.05, 4.69) is 10.6 Å². The Kier molecular flexibility index (Phi) is 4.50. The third-order valence-electron chi connectivity index (χ3n) is 4.19. The summed E-state index contributed by atoms with van der Waals surface area (Å²) >= 11 is 0. The van der Waals surface area contributed by atoms with Crippen molar-refractivity contribution in [2.45, 2.75) is 51.5 Å². The van der Waals surface area contributed by atoms with E-state index in [4.69, 9.17) is 5.11 Å². The SMILES string of the molecule is Cc1ccc(NC(=O)NC2(CC(=O)O)CCCC2)cc1C. The molecule has 5 heteroatoms. The number of hydrogen-bond acceptors (Lipinski definition) is 2. The molecule has 1 saturated carbocycles. The average Bonchev–Trinajstić information content (AvgIpc) is 2.80. The van der Waals surface area contributed by atoms with Crippen molar-refractivity contribution in [2.75, 3.05) is 5.32 Å². The highest BCUT2D eigenvalue weighted by Gasteiger charge is 2.37. The van der Waals surface area contributed by atoms with Gasteiger partial charge in [0.05, 0.1) is 12.0 Å². The Labute approximate surface area is 124 Å². The van der Waals surface area contributed by atoms with Crippen LogP contribution in [0.15, 0.2) is 18.2 Å². The van der Waals surface area contributed by atoms with Crippen LogP contribution in [0.1, 0.15) is 43.2 Å². The lowest BCUT2D eigenvalue weighted by molar-refractivity contribution is -0.138. The van der Waals surface area contributed by atoms with Gasteiger partial charge in [-0.3, -0.25) is 4.79 Å². The molecule has 0 atom stereocenters. The monoisotopic (exact) mass is 290 g/mol. The zero-order valence-corrected chi connectivity index (χ0v) is 12.5. The lowest BCUT2D eigenvalue weighted by Crippen LogP contribution is -2.49. The second kappa shape index (κ2) is 6.16. The molecule has 1 fully saturated rings. The van der Waals surface area contributed by atoms with Gasteiger partial charge >= 0.3 is 12.0 Å². The summed E-state index contributed by atoms with van der Waals surface area (Å²) < 4.78 is 0. The van der Waals surface area contributed by atoms with Crippen molar-refractivity contribution in [3.05, 3.63) is 29.3 Å². The van der Waals surface area contributed by atoms with Crippen LogP contribution in [0.4, 0.5) is 10.5 Å². The first-order chi connectivity index (χ1) is 9.90. The molecule has 5 nitrogen and oxygen atoms in total. The van der Waals surface area contributed by atoms with Crippen LogP contribution in [0.2, 0.25) is 0 Å². The normalized spacial score (nSPS) is 16.5. The molecule has 3 N–H and O–H groups in total. The predicted molar refractivity (Wildman–Crippen MR) is 81.5 cm³/mol. The van der Waals surface area contributed by atoms with E-state index in [1.165, 1.54) is 5.56 Å². The molecular weight excluding hydrogens is 268 g/mol. The number of urea groups is 1. The van der Waals surface area contributed by atoms with Crippen LogP contribution >= 0.6 is 0 Å². The van der Waals surface area contributed by atoms with Crippen molar-refractivity contribution < 1.29 is 14.7 Å². The summed E-state index contributed by atoms with van der Waals surface area (Å²) in [5.41, 5.74) is 2.39. The molecule has 2 amide bonds. The van der Waals surface area contributed by atoms with Gasteiger partial charge in [-0.05, 0) is 49.9 Å². The third kappa shape index (κ3) is 3.97. The van der Waals surface area contributed by atoms with Crippen molar-refractivity contribution in [2.24, 2.45) is 0 Å². The molecule has 1 aliphatic carbocycles. The lowest BCUT2D eigenvalue weighted by Gasteiger charge is -2.28. The summed E-state index contributed by atoms with van der Waals surface area (Å²) in [5, 5.41) is 14.7. The molecule has 0 bridgehead atoms. The maximum atomic E-state index is 12.1. The van der Waals surface area contributed by atoms with Gasteiger partial charge in [0.1, 0.15) is 0 Å². The van der Waals surface area contributed by atoms with E-state index in [9.17, 15) is 9.59 Å². The fourth-order valence-corrected chi connectivity index (χ4v) is 2.91. The highest BCUT2D eigenvalue weighted by atomic mass is 16.4. The maximum Gasteiger partial charge on any atom is 0.319 e. The molecule has 0 saturated heterocycles. The van der Waals surface area contributed by atoms with E-state index in [-0.39, 0.29) is 12.5 Å². The number of amides is 2. The second-order valence-corrected chi connectivity index (χ2v) is 5.94. The highest BCUT2D eigenvalue weighted by molar-refractivity contribution is 5.90. The van der Waals surface area contributed by atoms with E-state index in [1.54, 1.807) is 0 Å². The molecular formula is C16H22N2O3. The Morgan fingerprint density at radius 1 is 1.19 bits per heavy atom. The first-order valence-corrected chi connectivity index (χ1v) is 7.28. The highest BCUT2D eigenvalue weighted by Crippen LogP contribution is 2.32. The number of carboxylic acids is 1. The van der Waals surface area contributed by atoms with Crippen LogP contribution < -0.4 is 10.6 Å². The number of carbonyl (C=O) groups is 2. The number of hydrogen-bond donors (Lipinski definition) is 3. The van der Waals surface area contributed by atoms with Gasteiger partial charge in [0, 0.05) is 5.69 Å². The minimum Gasteiger partial charge on any atom is -0.481 e. The Morgan fingerprint density at radius 3 is 2.43 bits per heavy atom. The summed E-state index contributed by atoms with van der Waals surface area (Å²) in [5.74, 6) is -0.872. The quantitative estimate of drug-likeness (QED) is 0.796. The standard InChI is InChI=1S/C16H22N2O3/c1-11-5-6-13(9-12(11)2)17-15(21)18-16(10-14(19)20)7-3-4-8-16/h5-6,9H,3-4,7-8,10H2,1-2H3,(H,19,20)(H2,17,18,21). The average molecular weight is 290 g/mol. The van der Waals surface area contributed by atoms with Crippen LogP contribution in [-0.4, -0.2) is 22.6 Å². The largest absolute Gasteiger partial charge is 0.481 e. The van der Waals surface area contributed by atoms with Crippen LogP contribution in [0.25, 0.3) is 0 Å². The molecule has 0 aromatic heterocycles. The predicted octanol–water partition coefficient (Wildman–Crippen LogP) is 3.21. The number of rotatable bonds is 4. The number of carboxylic acid groups (broad SMARTS) is 1. The molecule has 0 heterocycles. The molecule has 0 aliphatic heterocycles. The number of aliphatic carboxylic acids is 1. The van der Waals surface area contributed by atoms with Crippen LogP contribution in [0.5, 0.6) is 0 Å². The topological polar surface area (TPSA) is 78.4 Å². The Morgan fingerprint density at radius 2 is 1.86 bits per heavy atom. The minimum absolute atomic E-state index is 0.0205. The van der Waals surface area contributed by atoms with Crippen molar-refractivity contribution >= 4 is 17.7 Å². The van der Waals surface area contributed by atoms with Crippen LogP contribution in [0.3, 0.4) is 0 Å². The lowest BCUT2D eigenvalue weighted by atomic mass is 9.93. The molecule has 2 rings (SSSR count). The summed E-state index contributed by atoms with van der Waals surface area (Å²) in [6.07, 6.45) is 3.33. The maximum absolute atomic E-state index is 12.1. The molecule has 1 aliphatic rings. The molecule has 1 aromatic rings. The second-order valence-electron chi connectivity index (χ2n) is 5.94. The number of anilines is 1. The van der Waals surface area contributed by atoms with Gasteiger partial charge in [-0.1, -0.05) is 18.9 Å². The number of benzene rings is 1. The molecule has 21 heavy (non-hydrogen) atoms. The zero-order valence-electron chi connectivity index (χ0n) is 12.5. The molecule has 0 unspecified atom stereocenters. The fourth-order valence-electron chi connectivity index (χ4n) is 2.91. The van der Waals surface area contributed by atoms with E-state index < -0.39 is 11.5 Å². The van der Waals surface area contributed by atoms with E-state index in [0.29, 0.717) is 0 Å². The summed E-state index contributed by atoms with van der Waals surface area (Å²) in [6.45, 7) is 4.00. The van der Waals surface area contributed by atoms with Gasteiger partial charge in [0.2, 0.25) is 0 Å². The van der Waals surface area contributed by atoms with Gasteiger partial charge in [-0.25, -0.2) is 4.79 Å². The Bertz CT molecular complexity index is 548. The third-order valence-corrected chi connectivity index (χ3v) is 4.19. The number of aryl methyl sites for hydroxylation is 2. The molecule has 0 radical (unpaired) electrons. The molecule has 114 valence electrons. The minimum atomic E-state index is -0.872. The van der Waals surface area contributed by atoms with Gasteiger partial charge in [-0.15, -0.1) is 0 Å². The first kappa shape index (κ1) is 15.4. The van der Waals surface area contributed by atoms with E-state index in [0.717, 1.165) is 36.9 Å². The summed E-state index contributed by atoms with van der Waals surface area (Å²) in [6, 6.07) is 5.38. The van der Waals surface area contributed by atoms with E-state index in [1.807, 2.05) is 32.0 Å². The van der Waals surface area contributed by atoms with Crippen LogP contribution in [-0.2, 0) is 4.79 Å². The van der Waals surface area contributed by atoms with Crippen molar-refractivity contribution in [3.63, 3.8) is 0 Å². The Hall–Kier alpha value is -2.04. The van der Waals surface area contributed by atoms with Gasteiger partial charge in [0.25, 0.3) is 0 Å². The first-order valence-electron chi connectivity index (χ1n) is 7.28. The Balaban J connectivity index is 2.02. The van der Waals surface area contributed by atoms with Crippen molar-refractivity contribution in [1.29, 1.82) is 0 Å². The van der Waals surface area contributed by atoms with Gasteiger partial charge < -0.3 is 15.7 Å². The molecule has 1 aromatic carbocycles. The van der Waals surface area contributed by atoms with Crippen LogP contribution in [0, 0.1) is 13.8 Å². The summed E-state index contributed by atoms with van der Waals surface area (Å²) in [4.78, 5) is 23.1. The number of carbonyl (C=O) groups excluding carboxylic acids is 1. The van der Waals surface area contributed by atoms with Gasteiger partial charge in [-0.2, -0.15) is 0 Å². The van der Waals surface area contributed by atoms with Crippen molar-refractivity contribution in [1.82, 2.24) is 5.32 Å². The van der Waals surface area contributed by atoms with Gasteiger partial charge in [0.15, 0.2) is 0 Å². The van der Waals surface area contributed by atoms with Crippen molar-refractivity contribution in [3.8, 4) is 0 Å². The summed E-state index contributed by atoms with van der Waals surface area (Å²) in [7, 11) is 0. The number of nitrogens with one attached hydrogen (secondary N) is 2. The molecule has 0 spiro atoms. The zero-order chi connectivity index (χ0) is 15.5.